The molecule has 1 aromatic heterocycles. The van der Waals surface area contributed by atoms with E-state index in [0.29, 0.717) is 6.04 Å². The van der Waals surface area contributed by atoms with Crippen LogP contribution >= 0.6 is 0 Å². The Balaban J connectivity index is 1.99. The molecule has 0 spiro atoms. The standard InChI is InChI=1S/C17H24N2/c1-14(2)9-10-15(3)18-16-7-6-8-17(13-16)19-11-4-5-12-19/h4-8,11-15,18H,9-10H2,1-3H3. The zero-order valence-electron chi connectivity index (χ0n) is 12.1. The molecule has 1 atom stereocenters. The van der Waals surface area contributed by atoms with Gasteiger partial charge < -0.3 is 9.88 Å². The molecule has 0 aliphatic carbocycles. The van der Waals surface area contributed by atoms with E-state index < -0.39 is 0 Å². The van der Waals surface area contributed by atoms with Gasteiger partial charge in [-0.1, -0.05) is 19.9 Å². The average molecular weight is 256 g/mol. The Morgan fingerprint density at radius 2 is 1.74 bits per heavy atom. The molecule has 2 rings (SSSR count). The van der Waals surface area contributed by atoms with Gasteiger partial charge in [-0.25, -0.2) is 0 Å². The molecule has 0 radical (unpaired) electrons. The third-order valence-electron chi connectivity index (χ3n) is 3.34. The summed E-state index contributed by atoms with van der Waals surface area (Å²) in [6.07, 6.45) is 6.62. The van der Waals surface area contributed by atoms with Crippen LogP contribution in [0.25, 0.3) is 5.69 Å². The molecule has 0 saturated heterocycles. The Bertz CT molecular complexity index is 486. The molecule has 1 heterocycles. The number of hydrogen-bond donors (Lipinski definition) is 1. The SMILES string of the molecule is CC(C)CCC(C)Nc1cccc(-n2cccc2)c1. The Kier molecular flexibility index (Phi) is 4.67. The Morgan fingerprint density at radius 3 is 2.42 bits per heavy atom. The fraction of sp³-hybridized carbons (Fsp3) is 0.412. The molecule has 1 N–H and O–H groups in total. The second-order valence-corrected chi connectivity index (χ2v) is 5.66. The maximum absolute atomic E-state index is 3.59. The third kappa shape index (κ3) is 4.16. The molecular weight excluding hydrogens is 232 g/mol. The van der Waals surface area contributed by atoms with Gasteiger partial charge in [0.05, 0.1) is 0 Å². The van der Waals surface area contributed by atoms with Crippen molar-refractivity contribution in [2.24, 2.45) is 5.92 Å². The molecule has 1 unspecified atom stereocenters. The van der Waals surface area contributed by atoms with Crippen LogP contribution in [0.5, 0.6) is 0 Å². The molecule has 0 aliphatic heterocycles. The molecule has 0 fully saturated rings. The highest BCUT2D eigenvalue weighted by atomic mass is 15.0. The Hall–Kier alpha value is -1.70. The molecule has 19 heavy (non-hydrogen) atoms. The van der Waals surface area contributed by atoms with Crippen molar-refractivity contribution >= 4 is 5.69 Å². The number of nitrogens with one attached hydrogen (secondary N) is 1. The van der Waals surface area contributed by atoms with Gasteiger partial charge in [-0.05, 0) is 56.0 Å². The minimum Gasteiger partial charge on any atom is -0.383 e. The predicted octanol–water partition coefficient (Wildman–Crippen LogP) is 4.71. The fourth-order valence-corrected chi connectivity index (χ4v) is 2.20. The summed E-state index contributed by atoms with van der Waals surface area (Å²) in [7, 11) is 0. The molecule has 102 valence electrons. The lowest BCUT2D eigenvalue weighted by atomic mass is 10.0. The lowest BCUT2D eigenvalue weighted by Gasteiger charge is -2.17. The minimum absolute atomic E-state index is 0.516. The van der Waals surface area contributed by atoms with Gasteiger partial charge in [-0.2, -0.15) is 0 Å². The molecule has 0 aliphatic rings. The molecule has 1 aromatic carbocycles. The van der Waals surface area contributed by atoms with Gasteiger partial charge in [0, 0.05) is 29.8 Å². The van der Waals surface area contributed by atoms with E-state index in [1.54, 1.807) is 0 Å². The van der Waals surface area contributed by atoms with Crippen LogP contribution in [-0.2, 0) is 0 Å². The zero-order valence-corrected chi connectivity index (χ0v) is 12.1. The summed E-state index contributed by atoms with van der Waals surface area (Å²) < 4.78 is 2.13. The molecule has 0 saturated carbocycles. The van der Waals surface area contributed by atoms with E-state index >= 15 is 0 Å². The molecule has 0 bridgehead atoms. The molecule has 0 amide bonds. The predicted molar refractivity (Wildman–Crippen MR) is 82.9 cm³/mol. The largest absolute Gasteiger partial charge is 0.383 e. The maximum atomic E-state index is 3.59. The van der Waals surface area contributed by atoms with E-state index in [9.17, 15) is 0 Å². The van der Waals surface area contributed by atoms with Crippen LogP contribution in [-0.4, -0.2) is 10.6 Å². The normalized spacial score (nSPS) is 12.6. The van der Waals surface area contributed by atoms with Crippen molar-refractivity contribution in [3.8, 4) is 5.69 Å². The summed E-state index contributed by atoms with van der Waals surface area (Å²) in [6, 6.07) is 13.2. The van der Waals surface area contributed by atoms with E-state index in [0.717, 1.165) is 5.92 Å². The number of rotatable bonds is 6. The first-order valence-electron chi connectivity index (χ1n) is 7.15. The van der Waals surface area contributed by atoms with Crippen LogP contribution in [0, 0.1) is 5.92 Å². The number of anilines is 1. The van der Waals surface area contributed by atoms with Crippen molar-refractivity contribution in [2.75, 3.05) is 5.32 Å². The molecule has 2 aromatic rings. The zero-order chi connectivity index (χ0) is 13.7. The number of aromatic nitrogens is 1. The van der Waals surface area contributed by atoms with Gasteiger partial charge in [0.2, 0.25) is 0 Å². The highest BCUT2D eigenvalue weighted by molar-refractivity contribution is 5.51. The van der Waals surface area contributed by atoms with Crippen LogP contribution in [0.3, 0.4) is 0 Å². The average Bonchev–Trinajstić information content (AvgIpc) is 2.90. The van der Waals surface area contributed by atoms with Crippen LogP contribution in [0.1, 0.15) is 33.6 Å². The number of benzene rings is 1. The van der Waals surface area contributed by atoms with E-state index in [1.165, 1.54) is 24.2 Å². The second-order valence-electron chi connectivity index (χ2n) is 5.66. The fourth-order valence-electron chi connectivity index (χ4n) is 2.20. The van der Waals surface area contributed by atoms with Crippen molar-refractivity contribution in [3.63, 3.8) is 0 Å². The summed E-state index contributed by atoms with van der Waals surface area (Å²) in [6.45, 7) is 6.81. The summed E-state index contributed by atoms with van der Waals surface area (Å²) >= 11 is 0. The first-order valence-corrected chi connectivity index (χ1v) is 7.15. The molecule has 2 heteroatoms. The number of hydrogen-bond acceptors (Lipinski definition) is 1. The summed E-state index contributed by atoms with van der Waals surface area (Å²) in [5, 5.41) is 3.59. The van der Waals surface area contributed by atoms with E-state index in [1.807, 2.05) is 12.1 Å². The first kappa shape index (κ1) is 13.7. The van der Waals surface area contributed by atoms with Gasteiger partial charge >= 0.3 is 0 Å². The summed E-state index contributed by atoms with van der Waals surface area (Å²) in [4.78, 5) is 0. The van der Waals surface area contributed by atoms with E-state index in [2.05, 4.69) is 67.3 Å². The molecular formula is C17H24N2. The minimum atomic E-state index is 0.516. The maximum Gasteiger partial charge on any atom is 0.0469 e. The smallest absolute Gasteiger partial charge is 0.0469 e. The van der Waals surface area contributed by atoms with Gasteiger partial charge in [0.15, 0.2) is 0 Å². The van der Waals surface area contributed by atoms with Gasteiger partial charge in [0.25, 0.3) is 0 Å². The van der Waals surface area contributed by atoms with Crippen LogP contribution in [0.4, 0.5) is 5.69 Å². The quantitative estimate of drug-likeness (QED) is 0.791. The van der Waals surface area contributed by atoms with Gasteiger partial charge in [0.1, 0.15) is 0 Å². The highest BCUT2D eigenvalue weighted by Gasteiger charge is 2.04. The van der Waals surface area contributed by atoms with E-state index in [4.69, 9.17) is 0 Å². The van der Waals surface area contributed by atoms with Crippen LogP contribution in [0.15, 0.2) is 48.8 Å². The summed E-state index contributed by atoms with van der Waals surface area (Å²) in [5.74, 6) is 0.774. The Labute approximate surface area is 116 Å². The van der Waals surface area contributed by atoms with Crippen molar-refractivity contribution in [2.45, 2.75) is 39.7 Å². The second kappa shape index (κ2) is 6.46. The highest BCUT2D eigenvalue weighted by Crippen LogP contribution is 2.17. The van der Waals surface area contributed by atoms with Gasteiger partial charge in [-0.15, -0.1) is 0 Å². The van der Waals surface area contributed by atoms with Gasteiger partial charge in [-0.3, -0.25) is 0 Å². The van der Waals surface area contributed by atoms with E-state index in [-0.39, 0.29) is 0 Å². The van der Waals surface area contributed by atoms with Crippen LogP contribution in [0.2, 0.25) is 0 Å². The monoisotopic (exact) mass is 256 g/mol. The number of nitrogens with zero attached hydrogens (tertiary/aromatic N) is 1. The summed E-state index contributed by atoms with van der Waals surface area (Å²) in [5.41, 5.74) is 2.40. The first-order chi connectivity index (χ1) is 9.15. The van der Waals surface area contributed by atoms with Crippen molar-refractivity contribution in [3.05, 3.63) is 48.8 Å². The molecule has 2 nitrogen and oxygen atoms in total. The lowest BCUT2D eigenvalue weighted by Crippen LogP contribution is -2.15. The van der Waals surface area contributed by atoms with Crippen molar-refractivity contribution in [1.82, 2.24) is 4.57 Å². The van der Waals surface area contributed by atoms with Crippen molar-refractivity contribution in [1.29, 1.82) is 0 Å². The Morgan fingerprint density at radius 1 is 1.00 bits per heavy atom. The third-order valence-corrected chi connectivity index (χ3v) is 3.34. The lowest BCUT2D eigenvalue weighted by molar-refractivity contribution is 0.528. The van der Waals surface area contributed by atoms with Crippen LogP contribution < -0.4 is 5.32 Å². The topological polar surface area (TPSA) is 17.0 Å². The van der Waals surface area contributed by atoms with Crippen molar-refractivity contribution < 1.29 is 0 Å².